The van der Waals surface area contributed by atoms with Crippen LogP contribution in [0.1, 0.15) is 0 Å². The van der Waals surface area contributed by atoms with Gasteiger partial charge in [-0.15, -0.1) is 0 Å². The van der Waals surface area contributed by atoms with Gasteiger partial charge in [0, 0.05) is 21.0 Å². The lowest BCUT2D eigenvalue weighted by Crippen LogP contribution is -1.98. The molecule has 1 unspecified atom stereocenters. The van der Waals surface area contributed by atoms with Crippen molar-refractivity contribution in [2.45, 2.75) is 5.03 Å². The van der Waals surface area contributed by atoms with E-state index in [0.717, 1.165) is 0 Å². The van der Waals surface area contributed by atoms with E-state index in [-0.39, 0.29) is 0 Å². The molecule has 0 aromatic carbocycles. The van der Waals surface area contributed by atoms with Crippen LogP contribution in [0.25, 0.3) is 0 Å². The first-order valence-corrected chi connectivity index (χ1v) is 7.86. The molecule has 0 amide bonds. The van der Waals surface area contributed by atoms with Gasteiger partial charge in [-0.2, -0.15) is 0 Å². The van der Waals surface area contributed by atoms with Gasteiger partial charge in [0.1, 0.15) is 7.71 Å². The molecular formula is C6H4Br3NOS. The van der Waals surface area contributed by atoms with E-state index in [2.05, 4.69) is 51.7 Å². The van der Waals surface area contributed by atoms with Crippen LogP contribution in [0.3, 0.4) is 0 Å². The Balaban J connectivity index is 3.36. The van der Waals surface area contributed by atoms with Crippen molar-refractivity contribution in [2.75, 3.05) is 0 Å². The van der Waals surface area contributed by atoms with Gasteiger partial charge >= 0.3 is 0 Å². The van der Waals surface area contributed by atoms with Crippen molar-refractivity contribution in [3.05, 3.63) is 24.4 Å². The van der Waals surface area contributed by atoms with Crippen molar-refractivity contribution in [1.29, 1.82) is 0 Å². The second-order valence-electron chi connectivity index (χ2n) is 1.88. The topological polar surface area (TPSA) is 30.0 Å². The van der Waals surface area contributed by atoms with Crippen LogP contribution in [0, 0.1) is 0 Å². The molecule has 0 saturated heterocycles. The highest BCUT2D eigenvalue weighted by Gasteiger charge is 2.10. The normalized spacial score (nSPS) is 15.2. The van der Waals surface area contributed by atoms with E-state index in [0.29, 0.717) is 7.71 Å². The fraction of sp³-hybridized carbons (Fsp3) is 0. The average molecular weight is 378 g/mol. The molecule has 0 radical (unpaired) electrons. The zero-order chi connectivity index (χ0) is 9.19. The SMILES string of the molecule is O=S(Br)(=C(Br)Br)c1ccccn1. The quantitative estimate of drug-likeness (QED) is 0.556. The number of hydrogen-bond acceptors (Lipinski definition) is 2. The largest absolute Gasteiger partial charge is 0.248 e. The summed E-state index contributed by atoms with van der Waals surface area (Å²) in [4.78, 5) is 3.97. The van der Waals surface area contributed by atoms with Gasteiger partial charge in [0.15, 0.2) is 0 Å². The maximum Gasteiger partial charge on any atom is 0.131 e. The molecule has 0 aliphatic rings. The van der Waals surface area contributed by atoms with Gasteiger partial charge in [0.25, 0.3) is 0 Å². The molecule has 1 atom stereocenters. The number of hydrogen-bond donors (Lipinski definition) is 0. The minimum atomic E-state index is -2.38. The first kappa shape index (κ1) is 10.7. The Bertz CT molecular complexity index is 379. The Labute approximate surface area is 95.2 Å². The Kier molecular flexibility index (Phi) is 3.75. The highest BCUT2D eigenvalue weighted by molar-refractivity contribution is 9.55. The van der Waals surface area contributed by atoms with E-state index < -0.39 is 7.96 Å². The fourth-order valence-electron chi connectivity index (χ4n) is 0.581. The third-order valence-electron chi connectivity index (χ3n) is 1.11. The van der Waals surface area contributed by atoms with Crippen LogP contribution >= 0.6 is 46.7 Å². The zero-order valence-electron chi connectivity index (χ0n) is 5.71. The van der Waals surface area contributed by atoms with Crippen molar-refractivity contribution in [1.82, 2.24) is 4.98 Å². The molecule has 12 heavy (non-hydrogen) atoms. The molecule has 66 valence electrons. The summed E-state index contributed by atoms with van der Waals surface area (Å²) in [6, 6.07) is 5.25. The van der Waals surface area contributed by atoms with Gasteiger partial charge in [0.05, 0.1) is 7.96 Å². The van der Waals surface area contributed by atoms with E-state index in [1.54, 1.807) is 24.4 Å². The average Bonchev–Trinajstić information content (AvgIpc) is 2.06. The fourth-order valence-corrected chi connectivity index (χ4v) is 2.76. The summed E-state index contributed by atoms with van der Waals surface area (Å²) in [5, 5.41) is 0.494. The maximum atomic E-state index is 11.8. The molecule has 0 aliphatic heterocycles. The third-order valence-corrected chi connectivity index (χ3v) is 9.59. The molecule has 0 saturated carbocycles. The van der Waals surface area contributed by atoms with E-state index in [4.69, 9.17) is 0 Å². The van der Waals surface area contributed by atoms with Gasteiger partial charge in [-0.1, -0.05) is 6.07 Å². The summed E-state index contributed by atoms with van der Waals surface area (Å²) in [6.45, 7) is 0. The molecule has 1 heterocycles. The summed E-state index contributed by atoms with van der Waals surface area (Å²) >= 11 is 9.30. The standard InChI is InChI=1S/C6H4Br3NOS/c7-6(8)12(9,11)5-3-1-2-4-10-5/h1-4H. The second kappa shape index (κ2) is 4.21. The van der Waals surface area contributed by atoms with Crippen molar-refractivity contribution in [2.24, 2.45) is 0 Å². The van der Waals surface area contributed by atoms with Gasteiger partial charge in [-0.3, -0.25) is 0 Å². The Morgan fingerprint density at radius 3 is 2.50 bits per heavy atom. The van der Waals surface area contributed by atoms with Gasteiger partial charge < -0.3 is 0 Å². The smallest absolute Gasteiger partial charge is 0.131 e. The predicted molar refractivity (Wildman–Crippen MR) is 62.4 cm³/mol. The molecule has 0 aliphatic carbocycles. The Hall–Kier alpha value is 0.610. The van der Waals surface area contributed by atoms with Gasteiger partial charge in [-0.25, -0.2) is 9.19 Å². The summed E-state index contributed by atoms with van der Waals surface area (Å²) in [6.07, 6.45) is 1.60. The van der Waals surface area contributed by atoms with Gasteiger partial charge in [0.2, 0.25) is 0 Å². The lowest BCUT2D eigenvalue weighted by molar-refractivity contribution is 0.688. The number of halogens is 3. The molecule has 0 fully saturated rings. The van der Waals surface area contributed by atoms with Crippen molar-refractivity contribution in [3.8, 4) is 0 Å². The van der Waals surface area contributed by atoms with Crippen LogP contribution in [0.2, 0.25) is 0 Å². The van der Waals surface area contributed by atoms with Crippen LogP contribution in [0.15, 0.2) is 29.4 Å². The van der Waals surface area contributed by atoms with Crippen LogP contribution in [-0.4, -0.2) is 11.9 Å². The predicted octanol–water partition coefficient (Wildman–Crippen LogP) is 2.91. The van der Waals surface area contributed by atoms with Crippen molar-refractivity contribution >= 4 is 57.3 Å². The first-order chi connectivity index (χ1) is 5.55. The monoisotopic (exact) mass is 375 g/mol. The number of nitrogens with zero attached hydrogens (tertiary/aromatic N) is 1. The van der Waals surface area contributed by atoms with Crippen molar-refractivity contribution < 1.29 is 4.21 Å². The molecule has 0 bridgehead atoms. The lowest BCUT2D eigenvalue weighted by atomic mass is 10.5. The zero-order valence-corrected chi connectivity index (χ0v) is 11.3. The minimum Gasteiger partial charge on any atom is -0.248 e. The Morgan fingerprint density at radius 2 is 2.08 bits per heavy atom. The lowest BCUT2D eigenvalue weighted by Gasteiger charge is -2.00. The molecule has 2 nitrogen and oxygen atoms in total. The number of pyridine rings is 1. The van der Waals surface area contributed by atoms with E-state index >= 15 is 0 Å². The molecule has 1 rings (SSSR count). The molecule has 1 aromatic rings. The maximum absolute atomic E-state index is 11.8. The number of aromatic nitrogens is 1. The number of rotatable bonds is 1. The summed E-state index contributed by atoms with van der Waals surface area (Å²) < 4.78 is 12.3. The summed E-state index contributed by atoms with van der Waals surface area (Å²) in [5.41, 5.74) is 0. The van der Waals surface area contributed by atoms with E-state index in [1.807, 2.05) is 0 Å². The summed E-state index contributed by atoms with van der Waals surface area (Å²) in [7, 11) is -2.38. The van der Waals surface area contributed by atoms with E-state index in [1.165, 1.54) is 0 Å². The first-order valence-electron chi connectivity index (χ1n) is 2.88. The molecule has 6 heteroatoms. The van der Waals surface area contributed by atoms with Gasteiger partial charge in [-0.05, 0) is 44.0 Å². The molecule has 1 aromatic heterocycles. The molecule has 0 spiro atoms. The molecule has 0 N–H and O–H groups in total. The molecular weight excluding hydrogens is 374 g/mol. The van der Waals surface area contributed by atoms with E-state index in [9.17, 15) is 4.21 Å². The highest BCUT2D eigenvalue weighted by atomic mass is 79.9. The van der Waals surface area contributed by atoms with Crippen LogP contribution < -0.4 is 0 Å². The van der Waals surface area contributed by atoms with Crippen molar-refractivity contribution in [3.63, 3.8) is 0 Å². The van der Waals surface area contributed by atoms with Crippen LogP contribution in [0.4, 0.5) is 0 Å². The Morgan fingerprint density at radius 1 is 1.42 bits per heavy atom. The third kappa shape index (κ3) is 2.31. The van der Waals surface area contributed by atoms with Crippen LogP contribution in [-0.2, 0) is 7.96 Å². The summed E-state index contributed by atoms with van der Waals surface area (Å²) in [5.74, 6) is 0. The van der Waals surface area contributed by atoms with Crippen LogP contribution in [0.5, 0.6) is 0 Å². The second-order valence-corrected chi connectivity index (χ2v) is 10.1. The highest BCUT2D eigenvalue weighted by Crippen LogP contribution is 2.21. The minimum absolute atomic E-state index is 0.459.